The van der Waals surface area contributed by atoms with Crippen molar-refractivity contribution in [2.24, 2.45) is 5.73 Å². The van der Waals surface area contributed by atoms with Crippen molar-refractivity contribution in [2.75, 3.05) is 0 Å². The van der Waals surface area contributed by atoms with Crippen LogP contribution in [0.3, 0.4) is 0 Å². The van der Waals surface area contributed by atoms with Gasteiger partial charge in [-0.25, -0.2) is 9.97 Å². The van der Waals surface area contributed by atoms with E-state index in [1.165, 1.54) is 0 Å². The Morgan fingerprint density at radius 1 is 0.920 bits per heavy atom. The number of hydrogen-bond donors (Lipinski definition) is 1. The van der Waals surface area contributed by atoms with Crippen molar-refractivity contribution >= 4 is 12.4 Å². The van der Waals surface area contributed by atoms with Crippen molar-refractivity contribution in [2.45, 2.75) is 44.1 Å². The molecule has 0 aromatic carbocycles. The van der Waals surface area contributed by atoms with E-state index < -0.39 is 5.54 Å². The number of rotatable bonds is 5. The second kappa shape index (κ2) is 7.24. The standard InChI is InChI=1S/C15H17N7O2.ClH/c16-15(6-1-2-7-15)14-20-11(24-22-14)5-4-10-19-13(21-23-10)12-17-8-3-9-18-12;/h3,8-9H,1-2,4-7,16H2;1H. The zero-order valence-corrected chi connectivity index (χ0v) is 14.3. The Labute approximate surface area is 149 Å². The first-order valence-corrected chi connectivity index (χ1v) is 7.95. The van der Waals surface area contributed by atoms with Gasteiger partial charge in [0.15, 0.2) is 5.82 Å². The second-order valence-corrected chi connectivity index (χ2v) is 5.96. The van der Waals surface area contributed by atoms with Crippen LogP contribution in [-0.2, 0) is 18.4 Å². The smallest absolute Gasteiger partial charge is 0.240 e. The lowest BCUT2D eigenvalue weighted by Crippen LogP contribution is -2.34. The molecule has 9 nitrogen and oxygen atoms in total. The van der Waals surface area contributed by atoms with Gasteiger partial charge in [0.05, 0.1) is 5.54 Å². The number of aryl methyl sites for hydroxylation is 2. The van der Waals surface area contributed by atoms with Crippen LogP contribution in [0.4, 0.5) is 0 Å². The molecule has 1 fully saturated rings. The highest BCUT2D eigenvalue weighted by atomic mass is 35.5. The van der Waals surface area contributed by atoms with Gasteiger partial charge in [0.1, 0.15) is 0 Å². The van der Waals surface area contributed by atoms with Crippen molar-refractivity contribution in [1.29, 1.82) is 0 Å². The number of hydrogen-bond acceptors (Lipinski definition) is 9. The first-order chi connectivity index (χ1) is 11.7. The largest absolute Gasteiger partial charge is 0.339 e. The molecular weight excluding hydrogens is 346 g/mol. The maximum atomic E-state index is 6.33. The molecule has 0 amide bonds. The van der Waals surface area contributed by atoms with Crippen LogP contribution in [0, 0.1) is 0 Å². The van der Waals surface area contributed by atoms with Crippen molar-refractivity contribution in [3.63, 3.8) is 0 Å². The van der Waals surface area contributed by atoms with Crippen molar-refractivity contribution in [3.8, 4) is 11.6 Å². The van der Waals surface area contributed by atoms with Gasteiger partial charge in [0, 0.05) is 25.2 Å². The summed E-state index contributed by atoms with van der Waals surface area (Å²) in [6, 6.07) is 1.73. The van der Waals surface area contributed by atoms with Crippen molar-refractivity contribution < 1.29 is 9.05 Å². The number of halogens is 1. The van der Waals surface area contributed by atoms with E-state index in [1.54, 1.807) is 18.5 Å². The molecule has 4 rings (SSSR count). The van der Waals surface area contributed by atoms with Crippen molar-refractivity contribution in [3.05, 3.63) is 36.1 Å². The predicted molar refractivity (Wildman–Crippen MR) is 88.6 cm³/mol. The Kier molecular flexibility index (Phi) is 5.05. The Bertz CT molecular complexity index is 814. The normalized spacial score (nSPS) is 15.9. The molecule has 3 heterocycles. The average Bonchev–Trinajstić information content (AvgIpc) is 3.35. The van der Waals surface area contributed by atoms with Gasteiger partial charge in [-0.05, 0) is 18.9 Å². The summed E-state index contributed by atoms with van der Waals surface area (Å²) in [4.78, 5) is 16.9. The van der Waals surface area contributed by atoms with Crippen LogP contribution in [0.25, 0.3) is 11.6 Å². The minimum absolute atomic E-state index is 0. The third-order valence-corrected chi connectivity index (χ3v) is 4.20. The van der Waals surface area contributed by atoms with Gasteiger partial charge in [-0.1, -0.05) is 23.2 Å². The van der Waals surface area contributed by atoms with Crippen molar-refractivity contribution in [1.82, 2.24) is 30.2 Å². The summed E-state index contributed by atoms with van der Waals surface area (Å²) in [6.45, 7) is 0. The minimum atomic E-state index is -0.440. The van der Waals surface area contributed by atoms with Gasteiger partial charge >= 0.3 is 0 Å². The van der Waals surface area contributed by atoms with Crippen LogP contribution >= 0.6 is 12.4 Å². The van der Waals surface area contributed by atoms with E-state index in [9.17, 15) is 0 Å². The van der Waals surface area contributed by atoms with Gasteiger partial charge < -0.3 is 14.8 Å². The van der Waals surface area contributed by atoms with Crippen LogP contribution in [0.2, 0.25) is 0 Å². The van der Waals surface area contributed by atoms with Crippen LogP contribution < -0.4 is 5.73 Å². The van der Waals surface area contributed by atoms with Crippen LogP contribution in [0.1, 0.15) is 43.3 Å². The molecule has 0 atom stereocenters. The molecule has 25 heavy (non-hydrogen) atoms. The van der Waals surface area contributed by atoms with E-state index in [-0.39, 0.29) is 12.4 Å². The predicted octanol–water partition coefficient (Wildman–Crippen LogP) is 1.84. The Morgan fingerprint density at radius 2 is 1.56 bits per heavy atom. The summed E-state index contributed by atoms with van der Waals surface area (Å²) in [5.74, 6) is 2.39. The van der Waals surface area contributed by atoms with E-state index in [0.29, 0.717) is 42.1 Å². The molecule has 1 saturated carbocycles. The van der Waals surface area contributed by atoms with E-state index in [1.807, 2.05) is 0 Å². The molecule has 0 radical (unpaired) electrons. The van der Waals surface area contributed by atoms with Gasteiger partial charge in [0.25, 0.3) is 0 Å². The Balaban J connectivity index is 0.00000182. The maximum absolute atomic E-state index is 6.33. The highest BCUT2D eigenvalue weighted by molar-refractivity contribution is 5.85. The zero-order chi connectivity index (χ0) is 16.4. The van der Waals surface area contributed by atoms with E-state index in [4.69, 9.17) is 14.8 Å². The topological polar surface area (TPSA) is 130 Å². The molecule has 0 spiro atoms. The third-order valence-electron chi connectivity index (χ3n) is 4.20. The molecule has 10 heteroatoms. The fourth-order valence-electron chi connectivity index (χ4n) is 2.86. The average molecular weight is 364 g/mol. The number of nitrogens with two attached hydrogens (primary N) is 1. The molecule has 0 unspecified atom stereocenters. The van der Waals surface area contributed by atoms with E-state index in [0.717, 1.165) is 25.7 Å². The lowest BCUT2D eigenvalue weighted by Gasteiger charge is -2.17. The van der Waals surface area contributed by atoms with Crippen LogP contribution in [0.15, 0.2) is 27.5 Å². The van der Waals surface area contributed by atoms with Crippen LogP contribution in [0.5, 0.6) is 0 Å². The first-order valence-electron chi connectivity index (χ1n) is 7.95. The lowest BCUT2D eigenvalue weighted by atomic mass is 9.99. The highest BCUT2D eigenvalue weighted by Gasteiger charge is 2.35. The summed E-state index contributed by atoms with van der Waals surface area (Å²) in [6.07, 6.45) is 8.28. The molecule has 3 aromatic rings. The Hall–Kier alpha value is -2.39. The van der Waals surface area contributed by atoms with E-state index in [2.05, 4.69) is 30.2 Å². The maximum Gasteiger partial charge on any atom is 0.240 e. The number of nitrogens with zero attached hydrogens (tertiary/aromatic N) is 6. The molecule has 132 valence electrons. The molecule has 3 aromatic heterocycles. The Morgan fingerprint density at radius 3 is 2.28 bits per heavy atom. The molecule has 0 aliphatic heterocycles. The highest BCUT2D eigenvalue weighted by Crippen LogP contribution is 2.34. The number of aromatic nitrogens is 6. The quantitative estimate of drug-likeness (QED) is 0.721. The molecular formula is C15H18ClN7O2. The van der Waals surface area contributed by atoms with Gasteiger partial charge in [-0.3, -0.25) is 0 Å². The lowest BCUT2D eigenvalue weighted by molar-refractivity contribution is 0.339. The van der Waals surface area contributed by atoms with Gasteiger partial charge in [-0.15, -0.1) is 12.4 Å². The third kappa shape index (κ3) is 3.67. The SMILES string of the molecule is Cl.NC1(c2noc(CCc3nc(-c4ncccn4)no3)n2)CCCC1. The summed E-state index contributed by atoms with van der Waals surface area (Å²) in [5.41, 5.74) is 5.89. The second-order valence-electron chi connectivity index (χ2n) is 5.96. The van der Waals surface area contributed by atoms with Crippen LogP contribution in [-0.4, -0.2) is 30.2 Å². The first kappa shape index (κ1) is 17.4. The van der Waals surface area contributed by atoms with Gasteiger partial charge in [0.2, 0.25) is 23.4 Å². The summed E-state index contributed by atoms with van der Waals surface area (Å²) < 4.78 is 10.5. The zero-order valence-electron chi connectivity index (χ0n) is 13.5. The molecule has 1 aliphatic rings. The van der Waals surface area contributed by atoms with E-state index >= 15 is 0 Å². The molecule has 1 aliphatic carbocycles. The fraction of sp³-hybridized carbons (Fsp3) is 0.467. The fourth-order valence-corrected chi connectivity index (χ4v) is 2.86. The molecule has 2 N–H and O–H groups in total. The minimum Gasteiger partial charge on any atom is -0.339 e. The molecule has 0 bridgehead atoms. The molecule has 0 saturated heterocycles. The monoisotopic (exact) mass is 363 g/mol. The summed E-state index contributed by atoms with van der Waals surface area (Å²) in [7, 11) is 0. The summed E-state index contributed by atoms with van der Waals surface area (Å²) >= 11 is 0. The van der Waals surface area contributed by atoms with Gasteiger partial charge in [-0.2, -0.15) is 9.97 Å². The summed E-state index contributed by atoms with van der Waals surface area (Å²) in [5, 5.41) is 7.92.